The van der Waals surface area contributed by atoms with E-state index in [1.54, 1.807) is 32.9 Å². The van der Waals surface area contributed by atoms with Crippen LogP contribution < -0.4 is 4.72 Å². The molecule has 6 heteroatoms. The third-order valence-corrected chi connectivity index (χ3v) is 4.03. The minimum atomic E-state index is -3.58. The first kappa shape index (κ1) is 15.7. The molecule has 0 aliphatic rings. The molecule has 0 aliphatic heterocycles. The number of hydrogen-bond acceptors (Lipinski definition) is 3. The minimum Gasteiger partial charge on any atom is -0.481 e. The van der Waals surface area contributed by atoms with E-state index in [9.17, 15) is 13.2 Å². The van der Waals surface area contributed by atoms with Gasteiger partial charge in [0.05, 0.1) is 4.90 Å². The van der Waals surface area contributed by atoms with Gasteiger partial charge in [-0.3, -0.25) is 4.79 Å². The second kappa shape index (κ2) is 5.71. The second-order valence-corrected chi connectivity index (χ2v) is 7.08. The van der Waals surface area contributed by atoms with Crippen LogP contribution >= 0.6 is 0 Å². The number of carboxylic acids is 1. The van der Waals surface area contributed by atoms with Gasteiger partial charge in [-0.2, -0.15) is 0 Å². The Morgan fingerprint density at radius 2 is 1.95 bits per heavy atom. The standard InChI is InChI=1S/C13H19NO4S/c1-13(2,3)14-19(17,18)11-6-4-5-10(9-11)7-8-12(15)16/h4-6,9,14H,7-8H2,1-3H3,(H,15,16). The highest BCUT2D eigenvalue weighted by Gasteiger charge is 2.21. The number of sulfonamides is 1. The van der Waals surface area contributed by atoms with Crippen molar-refractivity contribution in [3.05, 3.63) is 29.8 Å². The van der Waals surface area contributed by atoms with Crippen LogP contribution in [0.15, 0.2) is 29.2 Å². The number of aryl methyl sites for hydroxylation is 1. The van der Waals surface area contributed by atoms with E-state index in [1.165, 1.54) is 12.1 Å². The Kier molecular flexibility index (Phi) is 4.70. The van der Waals surface area contributed by atoms with E-state index in [-0.39, 0.29) is 11.3 Å². The highest BCUT2D eigenvalue weighted by Crippen LogP contribution is 2.15. The van der Waals surface area contributed by atoms with E-state index in [0.29, 0.717) is 12.0 Å². The Morgan fingerprint density at radius 3 is 2.47 bits per heavy atom. The van der Waals surface area contributed by atoms with Gasteiger partial charge in [0.25, 0.3) is 0 Å². The summed E-state index contributed by atoms with van der Waals surface area (Å²) in [5.41, 5.74) is 0.134. The number of carbonyl (C=O) groups is 1. The van der Waals surface area contributed by atoms with Crippen LogP contribution in [-0.2, 0) is 21.2 Å². The van der Waals surface area contributed by atoms with Crippen molar-refractivity contribution in [2.45, 2.75) is 44.0 Å². The number of nitrogens with one attached hydrogen (secondary N) is 1. The molecule has 0 saturated heterocycles. The number of carboxylic acid groups (broad SMARTS) is 1. The molecule has 1 rings (SSSR count). The van der Waals surface area contributed by atoms with Gasteiger partial charge in [0.1, 0.15) is 0 Å². The molecule has 0 bridgehead atoms. The lowest BCUT2D eigenvalue weighted by Gasteiger charge is -2.20. The van der Waals surface area contributed by atoms with Crippen LogP contribution in [0.4, 0.5) is 0 Å². The van der Waals surface area contributed by atoms with Crippen LogP contribution in [0.3, 0.4) is 0 Å². The van der Waals surface area contributed by atoms with Gasteiger partial charge in [-0.25, -0.2) is 13.1 Å². The van der Waals surface area contributed by atoms with Crippen molar-refractivity contribution in [3.63, 3.8) is 0 Å². The SMILES string of the molecule is CC(C)(C)NS(=O)(=O)c1cccc(CCC(=O)O)c1. The van der Waals surface area contributed by atoms with Crippen molar-refractivity contribution < 1.29 is 18.3 Å². The highest BCUT2D eigenvalue weighted by atomic mass is 32.2. The molecule has 1 aromatic rings. The molecule has 5 nitrogen and oxygen atoms in total. The number of aliphatic carboxylic acids is 1. The van der Waals surface area contributed by atoms with Crippen molar-refractivity contribution in [2.75, 3.05) is 0 Å². The monoisotopic (exact) mass is 285 g/mol. The van der Waals surface area contributed by atoms with E-state index in [4.69, 9.17) is 5.11 Å². The zero-order valence-corrected chi connectivity index (χ0v) is 12.1. The highest BCUT2D eigenvalue weighted by molar-refractivity contribution is 7.89. The van der Waals surface area contributed by atoms with Crippen LogP contribution in [0.1, 0.15) is 32.8 Å². The summed E-state index contributed by atoms with van der Waals surface area (Å²) in [7, 11) is -3.58. The van der Waals surface area contributed by atoms with E-state index in [0.717, 1.165) is 0 Å². The molecule has 1 aromatic carbocycles. The molecule has 0 spiro atoms. The van der Waals surface area contributed by atoms with Crippen LogP contribution in [0.5, 0.6) is 0 Å². The van der Waals surface area contributed by atoms with E-state index >= 15 is 0 Å². The van der Waals surface area contributed by atoms with Crippen LogP contribution in [-0.4, -0.2) is 25.0 Å². The van der Waals surface area contributed by atoms with Gasteiger partial charge in [-0.1, -0.05) is 12.1 Å². The third kappa shape index (κ3) is 5.40. The summed E-state index contributed by atoms with van der Waals surface area (Å²) in [6, 6.07) is 6.35. The zero-order valence-electron chi connectivity index (χ0n) is 11.3. The molecule has 0 amide bonds. The van der Waals surface area contributed by atoms with Crippen molar-refractivity contribution in [3.8, 4) is 0 Å². The minimum absolute atomic E-state index is 0.0177. The molecule has 0 aliphatic carbocycles. The molecule has 0 aromatic heterocycles. The van der Waals surface area contributed by atoms with Gasteiger partial charge in [-0.05, 0) is 44.9 Å². The fourth-order valence-electron chi connectivity index (χ4n) is 1.58. The average Bonchev–Trinajstić information content (AvgIpc) is 2.23. The first-order chi connectivity index (χ1) is 8.60. The summed E-state index contributed by atoms with van der Waals surface area (Å²) in [4.78, 5) is 10.7. The summed E-state index contributed by atoms with van der Waals surface area (Å²) < 4.78 is 26.8. The molecule has 2 N–H and O–H groups in total. The molecule has 0 atom stereocenters. The van der Waals surface area contributed by atoms with Gasteiger partial charge >= 0.3 is 5.97 Å². The number of rotatable bonds is 5. The van der Waals surface area contributed by atoms with Crippen LogP contribution in [0.2, 0.25) is 0 Å². The molecule has 0 fully saturated rings. The molecule has 106 valence electrons. The van der Waals surface area contributed by atoms with Crippen molar-refractivity contribution in [2.24, 2.45) is 0 Å². The number of hydrogen-bond donors (Lipinski definition) is 2. The molecule has 0 heterocycles. The number of benzene rings is 1. The molecular formula is C13H19NO4S. The summed E-state index contributed by atoms with van der Waals surface area (Å²) in [6.07, 6.45) is 0.296. The summed E-state index contributed by atoms with van der Waals surface area (Å²) >= 11 is 0. The molecule has 0 radical (unpaired) electrons. The predicted octanol–water partition coefficient (Wildman–Crippen LogP) is 1.78. The summed E-state index contributed by atoms with van der Waals surface area (Å²) in [5.74, 6) is -0.902. The molecular weight excluding hydrogens is 266 g/mol. The van der Waals surface area contributed by atoms with Gasteiger partial charge in [0.15, 0.2) is 0 Å². The van der Waals surface area contributed by atoms with Crippen molar-refractivity contribution in [1.82, 2.24) is 4.72 Å². The smallest absolute Gasteiger partial charge is 0.303 e. The lowest BCUT2D eigenvalue weighted by Crippen LogP contribution is -2.40. The maximum atomic E-state index is 12.1. The Balaban J connectivity index is 2.95. The van der Waals surface area contributed by atoms with Crippen molar-refractivity contribution >= 4 is 16.0 Å². The van der Waals surface area contributed by atoms with E-state index in [2.05, 4.69) is 4.72 Å². The van der Waals surface area contributed by atoms with E-state index < -0.39 is 21.5 Å². The molecule has 0 unspecified atom stereocenters. The van der Waals surface area contributed by atoms with E-state index in [1.807, 2.05) is 0 Å². The third-order valence-electron chi connectivity index (χ3n) is 2.28. The van der Waals surface area contributed by atoms with Crippen LogP contribution in [0.25, 0.3) is 0 Å². The Morgan fingerprint density at radius 1 is 1.32 bits per heavy atom. The first-order valence-electron chi connectivity index (χ1n) is 5.95. The fraction of sp³-hybridized carbons (Fsp3) is 0.462. The van der Waals surface area contributed by atoms with Crippen LogP contribution in [0, 0.1) is 0 Å². The first-order valence-corrected chi connectivity index (χ1v) is 7.43. The van der Waals surface area contributed by atoms with Gasteiger partial charge in [0.2, 0.25) is 10.0 Å². The van der Waals surface area contributed by atoms with Gasteiger partial charge in [-0.15, -0.1) is 0 Å². The maximum absolute atomic E-state index is 12.1. The molecule has 19 heavy (non-hydrogen) atoms. The second-order valence-electron chi connectivity index (χ2n) is 5.40. The topological polar surface area (TPSA) is 83.5 Å². The summed E-state index contributed by atoms with van der Waals surface area (Å²) in [5, 5.41) is 8.63. The predicted molar refractivity (Wildman–Crippen MR) is 72.5 cm³/mol. The average molecular weight is 285 g/mol. The normalized spacial score (nSPS) is 12.4. The lowest BCUT2D eigenvalue weighted by atomic mass is 10.1. The summed E-state index contributed by atoms with van der Waals surface area (Å²) in [6.45, 7) is 5.29. The lowest BCUT2D eigenvalue weighted by molar-refractivity contribution is -0.136. The maximum Gasteiger partial charge on any atom is 0.303 e. The molecule has 0 saturated carbocycles. The largest absolute Gasteiger partial charge is 0.481 e. The van der Waals surface area contributed by atoms with Crippen molar-refractivity contribution in [1.29, 1.82) is 0 Å². The van der Waals surface area contributed by atoms with Gasteiger partial charge in [0, 0.05) is 12.0 Å². The Hall–Kier alpha value is -1.40. The van der Waals surface area contributed by atoms with Gasteiger partial charge < -0.3 is 5.11 Å². The zero-order chi connectivity index (χ0) is 14.7. The Labute approximate surface area is 113 Å². The quantitative estimate of drug-likeness (QED) is 0.863. The Bertz CT molecular complexity index is 558. The fourth-order valence-corrected chi connectivity index (χ4v) is 3.07.